The SMILES string of the molecule is COc1cc(C(=O)OCC(=O)NC(=O)NC(C)C)cc(OC)c1Br. The monoisotopic (exact) mass is 402 g/mol. The van der Waals surface area contributed by atoms with Crippen LogP contribution in [0.3, 0.4) is 0 Å². The summed E-state index contributed by atoms with van der Waals surface area (Å²) in [5.74, 6) is -0.736. The molecule has 2 N–H and O–H groups in total. The highest BCUT2D eigenvalue weighted by Crippen LogP contribution is 2.35. The number of imide groups is 1. The second-order valence-corrected chi connectivity index (χ2v) is 5.74. The highest BCUT2D eigenvalue weighted by atomic mass is 79.9. The summed E-state index contributed by atoms with van der Waals surface area (Å²) in [5, 5.41) is 4.53. The lowest BCUT2D eigenvalue weighted by Crippen LogP contribution is -2.44. The number of benzene rings is 1. The van der Waals surface area contributed by atoms with E-state index in [1.165, 1.54) is 26.4 Å². The van der Waals surface area contributed by atoms with Crippen molar-refractivity contribution >= 4 is 33.8 Å². The minimum Gasteiger partial charge on any atom is -0.495 e. The molecule has 0 saturated carbocycles. The summed E-state index contributed by atoms with van der Waals surface area (Å²) in [7, 11) is 2.88. The Hall–Kier alpha value is -2.29. The Morgan fingerprint density at radius 3 is 2.12 bits per heavy atom. The van der Waals surface area contributed by atoms with Gasteiger partial charge in [-0.15, -0.1) is 0 Å². The van der Waals surface area contributed by atoms with Crippen LogP contribution in [-0.2, 0) is 9.53 Å². The minimum absolute atomic E-state index is 0.122. The Morgan fingerprint density at radius 1 is 1.12 bits per heavy atom. The zero-order valence-corrected chi connectivity index (χ0v) is 15.4. The quantitative estimate of drug-likeness (QED) is 0.703. The number of halogens is 1. The van der Waals surface area contributed by atoms with Crippen LogP contribution in [0, 0.1) is 0 Å². The van der Waals surface area contributed by atoms with Gasteiger partial charge in [-0.05, 0) is 41.9 Å². The number of carbonyl (C=O) groups excluding carboxylic acids is 3. The summed E-state index contributed by atoms with van der Waals surface area (Å²) < 4.78 is 15.7. The van der Waals surface area contributed by atoms with E-state index in [2.05, 4.69) is 21.2 Å². The number of amides is 3. The molecule has 1 rings (SSSR count). The molecule has 0 fully saturated rings. The number of hydrogen-bond acceptors (Lipinski definition) is 6. The normalized spacial score (nSPS) is 10.1. The average molecular weight is 403 g/mol. The molecule has 1 aromatic rings. The molecule has 9 heteroatoms. The number of rotatable bonds is 6. The van der Waals surface area contributed by atoms with Gasteiger partial charge < -0.3 is 19.5 Å². The predicted octanol–water partition coefficient (Wildman–Crippen LogP) is 1.86. The molecule has 3 amide bonds. The van der Waals surface area contributed by atoms with Crippen LogP contribution < -0.4 is 20.1 Å². The van der Waals surface area contributed by atoms with Gasteiger partial charge in [0.05, 0.1) is 19.8 Å². The van der Waals surface area contributed by atoms with Crippen molar-refractivity contribution in [2.75, 3.05) is 20.8 Å². The number of methoxy groups -OCH3 is 2. The first kappa shape index (κ1) is 19.8. The molecule has 0 aliphatic carbocycles. The molecule has 0 aliphatic heterocycles. The van der Waals surface area contributed by atoms with E-state index in [0.29, 0.717) is 16.0 Å². The number of carbonyl (C=O) groups is 3. The molecule has 0 heterocycles. The van der Waals surface area contributed by atoms with E-state index in [0.717, 1.165) is 0 Å². The molecule has 0 radical (unpaired) electrons. The fourth-order valence-corrected chi connectivity index (χ4v) is 2.22. The second kappa shape index (κ2) is 9.11. The Bertz CT molecular complexity index is 607. The minimum atomic E-state index is -0.751. The molecule has 8 nitrogen and oxygen atoms in total. The number of nitrogens with one attached hydrogen (secondary N) is 2. The summed E-state index contributed by atoms with van der Waals surface area (Å²) in [6.07, 6.45) is 0. The van der Waals surface area contributed by atoms with E-state index in [1.54, 1.807) is 13.8 Å². The number of urea groups is 1. The lowest BCUT2D eigenvalue weighted by Gasteiger charge is -2.12. The third-order valence-electron chi connectivity index (χ3n) is 2.69. The third-order valence-corrected chi connectivity index (χ3v) is 3.47. The standard InChI is InChI=1S/C15H19BrN2O6/c1-8(2)17-15(21)18-12(19)7-24-14(20)9-5-10(22-3)13(16)11(6-9)23-4/h5-6,8H,7H2,1-4H3,(H2,17,18,19,21). The van der Waals surface area contributed by atoms with Crippen LogP contribution in [0.5, 0.6) is 11.5 Å². The van der Waals surface area contributed by atoms with E-state index in [9.17, 15) is 14.4 Å². The van der Waals surface area contributed by atoms with Crippen LogP contribution in [0.25, 0.3) is 0 Å². The Morgan fingerprint density at radius 2 is 1.67 bits per heavy atom. The van der Waals surface area contributed by atoms with Crippen LogP contribution in [-0.4, -0.2) is 44.8 Å². The largest absolute Gasteiger partial charge is 0.495 e. The molecule has 0 saturated heterocycles. The van der Waals surface area contributed by atoms with Gasteiger partial charge in [-0.3, -0.25) is 10.1 Å². The van der Waals surface area contributed by atoms with E-state index in [-0.39, 0.29) is 11.6 Å². The Labute approximate surface area is 148 Å². The molecule has 0 spiro atoms. The predicted molar refractivity (Wildman–Crippen MR) is 89.3 cm³/mol. The second-order valence-electron chi connectivity index (χ2n) is 4.95. The van der Waals surface area contributed by atoms with Crippen LogP contribution in [0.1, 0.15) is 24.2 Å². The smallest absolute Gasteiger partial charge is 0.338 e. The van der Waals surface area contributed by atoms with Gasteiger partial charge in [-0.1, -0.05) is 0 Å². The fourth-order valence-electron chi connectivity index (χ4n) is 1.66. The van der Waals surface area contributed by atoms with Gasteiger partial charge in [0.1, 0.15) is 16.0 Å². The zero-order chi connectivity index (χ0) is 18.3. The van der Waals surface area contributed by atoms with Gasteiger partial charge in [-0.2, -0.15) is 0 Å². The van der Waals surface area contributed by atoms with Gasteiger partial charge in [0.15, 0.2) is 6.61 Å². The van der Waals surface area contributed by atoms with Gasteiger partial charge in [0.2, 0.25) is 0 Å². The first-order valence-corrected chi connectivity index (χ1v) is 7.76. The summed E-state index contributed by atoms with van der Waals surface area (Å²) >= 11 is 3.28. The molecule has 0 aromatic heterocycles. The molecular weight excluding hydrogens is 384 g/mol. The first-order chi connectivity index (χ1) is 11.3. The first-order valence-electron chi connectivity index (χ1n) is 6.97. The average Bonchev–Trinajstić information content (AvgIpc) is 2.51. The maximum atomic E-state index is 12.0. The van der Waals surface area contributed by atoms with Crippen molar-refractivity contribution in [2.45, 2.75) is 19.9 Å². The van der Waals surface area contributed by atoms with Gasteiger partial charge in [-0.25, -0.2) is 9.59 Å². The van der Waals surface area contributed by atoms with E-state index in [1.807, 2.05) is 5.32 Å². The van der Waals surface area contributed by atoms with Crippen molar-refractivity contribution in [1.82, 2.24) is 10.6 Å². The van der Waals surface area contributed by atoms with E-state index >= 15 is 0 Å². The van der Waals surface area contributed by atoms with Gasteiger partial charge >= 0.3 is 12.0 Å². The number of ether oxygens (including phenoxy) is 3. The van der Waals surface area contributed by atoms with Crippen molar-refractivity contribution in [2.24, 2.45) is 0 Å². The molecule has 24 heavy (non-hydrogen) atoms. The molecule has 0 atom stereocenters. The highest BCUT2D eigenvalue weighted by Gasteiger charge is 2.17. The van der Waals surface area contributed by atoms with Crippen LogP contribution in [0.4, 0.5) is 4.79 Å². The fraction of sp³-hybridized carbons (Fsp3) is 0.400. The molecule has 0 bridgehead atoms. The van der Waals surface area contributed by atoms with Crippen molar-refractivity contribution in [1.29, 1.82) is 0 Å². The highest BCUT2D eigenvalue weighted by molar-refractivity contribution is 9.10. The third kappa shape index (κ3) is 5.73. The summed E-state index contributed by atoms with van der Waals surface area (Å²) in [4.78, 5) is 35.0. The van der Waals surface area contributed by atoms with Crippen molar-refractivity contribution < 1.29 is 28.6 Å². The lowest BCUT2D eigenvalue weighted by atomic mass is 10.2. The lowest BCUT2D eigenvalue weighted by molar-refractivity contribution is -0.123. The summed E-state index contributed by atoms with van der Waals surface area (Å²) in [5.41, 5.74) is 0.145. The maximum absolute atomic E-state index is 12.0. The maximum Gasteiger partial charge on any atom is 0.338 e. The van der Waals surface area contributed by atoms with Crippen LogP contribution in [0.15, 0.2) is 16.6 Å². The van der Waals surface area contributed by atoms with Gasteiger partial charge in [0, 0.05) is 6.04 Å². The van der Waals surface area contributed by atoms with E-state index < -0.39 is 24.5 Å². The molecule has 0 unspecified atom stereocenters. The van der Waals surface area contributed by atoms with Crippen molar-refractivity contribution in [3.63, 3.8) is 0 Å². The number of esters is 1. The Kier molecular flexibility index (Phi) is 7.50. The molecule has 0 aliphatic rings. The number of hydrogen-bond donors (Lipinski definition) is 2. The zero-order valence-electron chi connectivity index (χ0n) is 13.8. The van der Waals surface area contributed by atoms with Crippen LogP contribution >= 0.6 is 15.9 Å². The summed E-state index contributed by atoms with van der Waals surface area (Å²) in [6.45, 7) is 2.90. The van der Waals surface area contributed by atoms with Gasteiger partial charge in [0.25, 0.3) is 5.91 Å². The van der Waals surface area contributed by atoms with Crippen molar-refractivity contribution in [3.05, 3.63) is 22.2 Å². The summed E-state index contributed by atoms with van der Waals surface area (Å²) in [6, 6.07) is 2.11. The molecule has 132 valence electrons. The topological polar surface area (TPSA) is 103 Å². The van der Waals surface area contributed by atoms with E-state index in [4.69, 9.17) is 14.2 Å². The van der Waals surface area contributed by atoms with Crippen molar-refractivity contribution in [3.8, 4) is 11.5 Å². The Balaban J connectivity index is 2.68. The molecule has 1 aromatic carbocycles. The van der Waals surface area contributed by atoms with Crippen LogP contribution in [0.2, 0.25) is 0 Å². The molecular formula is C15H19BrN2O6.